The Morgan fingerprint density at radius 3 is 1.44 bits per heavy atom. The highest BCUT2D eigenvalue weighted by atomic mass is 14.3. The number of allylic oxidation sites excluding steroid dienone is 4. The molecule has 0 saturated heterocycles. The summed E-state index contributed by atoms with van der Waals surface area (Å²) in [6, 6.07) is 0. The van der Waals surface area contributed by atoms with Crippen molar-refractivity contribution in [1.29, 1.82) is 0 Å². The molecule has 0 aromatic carbocycles. The molecule has 0 bridgehead atoms. The molecule has 90 valence electrons. The van der Waals surface area contributed by atoms with Gasteiger partial charge in [-0.2, -0.15) is 0 Å². The van der Waals surface area contributed by atoms with Crippen molar-refractivity contribution >= 4 is 0 Å². The van der Waals surface area contributed by atoms with Crippen molar-refractivity contribution < 1.29 is 0 Å². The van der Waals surface area contributed by atoms with Crippen molar-refractivity contribution in [3.8, 4) is 0 Å². The van der Waals surface area contributed by atoms with E-state index in [1.807, 2.05) is 0 Å². The molecule has 0 heteroatoms. The zero-order valence-electron chi connectivity index (χ0n) is 11.4. The molecule has 0 aromatic rings. The topological polar surface area (TPSA) is 0 Å². The molecule has 0 amide bonds. The molecule has 2 aliphatic rings. The highest BCUT2D eigenvalue weighted by Gasteiger charge is 2.24. The van der Waals surface area contributed by atoms with Gasteiger partial charge >= 0.3 is 0 Å². The zero-order valence-corrected chi connectivity index (χ0v) is 11.4. The van der Waals surface area contributed by atoms with Crippen LogP contribution in [0.1, 0.15) is 66.2 Å². The molecular weight excluding hydrogens is 192 g/mol. The maximum atomic E-state index is 2.52. The van der Waals surface area contributed by atoms with E-state index in [9.17, 15) is 0 Å². The Morgan fingerprint density at radius 2 is 1.19 bits per heavy atom. The van der Waals surface area contributed by atoms with Crippen molar-refractivity contribution in [1.82, 2.24) is 0 Å². The first kappa shape index (κ1) is 12.0. The standard InChI is InChI=1S/C16H26/c1-15(2)9-7-13(11-15)5-6-14-8-10-16(3,4)12-14/h11-12H,5-10H2,1-4H3. The number of hydrogen-bond acceptors (Lipinski definition) is 0. The minimum absolute atomic E-state index is 0.471. The predicted molar refractivity (Wildman–Crippen MR) is 71.4 cm³/mol. The lowest BCUT2D eigenvalue weighted by molar-refractivity contribution is 0.469. The van der Waals surface area contributed by atoms with E-state index in [-0.39, 0.29) is 0 Å². The molecular formula is C16H26. The van der Waals surface area contributed by atoms with Crippen molar-refractivity contribution in [3.05, 3.63) is 23.3 Å². The molecule has 0 unspecified atom stereocenters. The second-order valence-corrected chi connectivity index (χ2v) is 7.08. The largest absolute Gasteiger partial charge is 0.0796 e. The van der Waals surface area contributed by atoms with E-state index in [4.69, 9.17) is 0 Å². The minimum atomic E-state index is 0.471. The zero-order chi connectivity index (χ0) is 11.8. The summed E-state index contributed by atoms with van der Waals surface area (Å²) in [5, 5.41) is 0. The van der Waals surface area contributed by atoms with E-state index in [1.165, 1.54) is 38.5 Å². The van der Waals surface area contributed by atoms with Crippen LogP contribution < -0.4 is 0 Å². The lowest BCUT2D eigenvalue weighted by Gasteiger charge is -2.11. The summed E-state index contributed by atoms with van der Waals surface area (Å²) >= 11 is 0. The molecule has 0 nitrogen and oxygen atoms in total. The highest BCUT2D eigenvalue weighted by molar-refractivity contribution is 5.20. The van der Waals surface area contributed by atoms with Crippen LogP contribution >= 0.6 is 0 Å². The predicted octanol–water partition coefficient (Wildman–Crippen LogP) is 5.26. The van der Waals surface area contributed by atoms with Gasteiger partial charge in [-0.05, 0) is 49.4 Å². The Balaban J connectivity index is 1.86. The van der Waals surface area contributed by atoms with E-state index >= 15 is 0 Å². The Hall–Kier alpha value is -0.520. The summed E-state index contributed by atoms with van der Waals surface area (Å²) < 4.78 is 0. The van der Waals surface area contributed by atoms with Gasteiger partial charge in [-0.15, -0.1) is 0 Å². The van der Waals surface area contributed by atoms with Crippen LogP contribution in [0, 0.1) is 10.8 Å². The summed E-state index contributed by atoms with van der Waals surface area (Å²) in [5.41, 5.74) is 4.35. The van der Waals surface area contributed by atoms with Crippen LogP contribution in [0.25, 0.3) is 0 Å². The van der Waals surface area contributed by atoms with Gasteiger partial charge in [-0.25, -0.2) is 0 Å². The van der Waals surface area contributed by atoms with Crippen LogP contribution in [-0.2, 0) is 0 Å². The fraction of sp³-hybridized carbons (Fsp3) is 0.750. The number of hydrogen-bond donors (Lipinski definition) is 0. The van der Waals surface area contributed by atoms with E-state index in [1.54, 1.807) is 11.1 Å². The lowest BCUT2D eigenvalue weighted by Crippen LogP contribution is -2.00. The normalized spacial score (nSPS) is 26.8. The lowest BCUT2D eigenvalue weighted by atomic mass is 9.94. The first-order valence-electron chi connectivity index (χ1n) is 6.78. The van der Waals surface area contributed by atoms with Crippen LogP contribution in [0.4, 0.5) is 0 Å². The van der Waals surface area contributed by atoms with Crippen LogP contribution in [0.2, 0.25) is 0 Å². The first-order chi connectivity index (χ1) is 7.36. The monoisotopic (exact) mass is 218 g/mol. The molecule has 16 heavy (non-hydrogen) atoms. The molecule has 0 atom stereocenters. The summed E-state index contributed by atoms with van der Waals surface area (Å²) in [6.07, 6.45) is 13.0. The Labute approximate surface area is 101 Å². The third-order valence-corrected chi connectivity index (χ3v) is 4.14. The highest BCUT2D eigenvalue weighted by Crippen LogP contribution is 2.40. The van der Waals surface area contributed by atoms with Crippen LogP contribution in [-0.4, -0.2) is 0 Å². The molecule has 2 rings (SSSR count). The van der Waals surface area contributed by atoms with Gasteiger partial charge in [-0.3, -0.25) is 0 Å². The fourth-order valence-electron chi connectivity index (χ4n) is 3.07. The van der Waals surface area contributed by atoms with Crippen LogP contribution in [0.15, 0.2) is 23.3 Å². The van der Waals surface area contributed by atoms with Gasteiger partial charge < -0.3 is 0 Å². The fourth-order valence-corrected chi connectivity index (χ4v) is 3.07. The molecule has 2 aliphatic carbocycles. The Morgan fingerprint density at radius 1 is 0.812 bits per heavy atom. The SMILES string of the molecule is CC1(C)C=C(CCC2=CC(C)(C)CC2)CC1. The van der Waals surface area contributed by atoms with Crippen molar-refractivity contribution in [2.75, 3.05) is 0 Å². The summed E-state index contributed by atoms with van der Waals surface area (Å²) in [5.74, 6) is 0. The van der Waals surface area contributed by atoms with Gasteiger partial charge in [0.05, 0.1) is 0 Å². The third kappa shape index (κ3) is 2.99. The smallest absolute Gasteiger partial charge is 0.0169 e. The summed E-state index contributed by atoms with van der Waals surface area (Å²) in [7, 11) is 0. The Bertz CT molecular complexity index is 292. The second-order valence-electron chi connectivity index (χ2n) is 7.08. The van der Waals surface area contributed by atoms with Gasteiger partial charge in [0.1, 0.15) is 0 Å². The molecule has 0 fully saturated rings. The molecule has 0 spiro atoms. The van der Waals surface area contributed by atoms with Gasteiger partial charge in [0, 0.05) is 0 Å². The molecule has 0 aromatic heterocycles. The molecule has 0 N–H and O–H groups in total. The molecule has 0 aliphatic heterocycles. The van der Waals surface area contributed by atoms with Crippen LogP contribution in [0.3, 0.4) is 0 Å². The third-order valence-electron chi connectivity index (χ3n) is 4.14. The summed E-state index contributed by atoms with van der Waals surface area (Å²) in [6.45, 7) is 9.44. The van der Waals surface area contributed by atoms with Crippen LogP contribution in [0.5, 0.6) is 0 Å². The average molecular weight is 218 g/mol. The average Bonchev–Trinajstić information content (AvgIpc) is 2.66. The quantitative estimate of drug-likeness (QED) is 0.567. The Kier molecular flexibility index (Phi) is 3.03. The van der Waals surface area contributed by atoms with E-state index in [0.717, 1.165) is 0 Å². The maximum Gasteiger partial charge on any atom is -0.0169 e. The van der Waals surface area contributed by atoms with Gasteiger partial charge in [0.25, 0.3) is 0 Å². The van der Waals surface area contributed by atoms with E-state index < -0.39 is 0 Å². The van der Waals surface area contributed by atoms with E-state index in [2.05, 4.69) is 39.8 Å². The molecule has 0 heterocycles. The van der Waals surface area contributed by atoms with Gasteiger partial charge in [0.15, 0.2) is 0 Å². The minimum Gasteiger partial charge on any atom is -0.0796 e. The second kappa shape index (κ2) is 4.05. The molecule has 0 saturated carbocycles. The first-order valence-corrected chi connectivity index (χ1v) is 6.78. The van der Waals surface area contributed by atoms with Gasteiger partial charge in [0.2, 0.25) is 0 Å². The molecule has 0 radical (unpaired) electrons. The number of rotatable bonds is 3. The van der Waals surface area contributed by atoms with Gasteiger partial charge in [-0.1, -0.05) is 51.0 Å². The van der Waals surface area contributed by atoms with Crippen molar-refractivity contribution in [2.24, 2.45) is 10.8 Å². The summed E-state index contributed by atoms with van der Waals surface area (Å²) in [4.78, 5) is 0. The van der Waals surface area contributed by atoms with Crippen molar-refractivity contribution in [2.45, 2.75) is 66.2 Å². The van der Waals surface area contributed by atoms with E-state index in [0.29, 0.717) is 10.8 Å². The van der Waals surface area contributed by atoms with Crippen molar-refractivity contribution in [3.63, 3.8) is 0 Å². The maximum absolute atomic E-state index is 2.52.